The fraction of sp³-hybridized carbons (Fsp3) is 0.389. The van der Waals surface area contributed by atoms with E-state index in [2.05, 4.69) is 20.6 Å². The van der Waals surface area contributed by atoms with Crippen molar-refractivity contribution in [1.82, 2.24) is 30.1 Å². The normalized spacial score (nSPS) is 15.0. The molecular formula is C18H20N6O4. The highest BCUT2D eigenvalue weighted by atomic mass is 16.5. The van der Waals surface area contributed by atoms with Crippen LogP contribution in [-0.4, -0.2) is 56.3 Å². The van der Waals surface area contributed by atoms with Gasteiger partial charge in [0, 0.05) is 38.9 Å². The zero-order valence-corrected chi connectivity index (χ0v) is 15.4. The van der Waals surface area contributed by atoms with Crippen LogP contribution in [0.4, 0.5) is 0 Å². The molecule has 0 radical (unpaired) electrons. The number of carbonyl (C=O) groups is 2. The summed E-state index contributed by atoms with van der Waals surface area (Å²) in [5.41, 5.74) is 1.22. The number of aryl methyl sites for hydroxylation is 1. The molecule has 10 nitrogen and oxygen atoms in total. The quantitative estimate of drug-likeness (QED) is 0.705. The molecule has 1 aliphatic rings. The number of amides is 2. The van der Waals surface area contributed by atoms with Crippen LogP contribution in [0.3, 0.4) is 0 Å². The van der Waals surface area contributed by atoms with E-state index < -0.39 is 0 Å². The molecule has 1 saturated heterocycles. The van der Waals surface area contributed by atoms with Crippen LogP contribution in [0.15, 0.2) is 40.1 Å². The molecule has 0 saturated carbocycles. The maximum absolute atomic E-state index is 12.8. The molecule has 28 heavy (non-hydrogen) atoms. The Kier molecular flexibility index (Phi) is 4.92. The first-order chi connectivity index (χ1) is 13.6. The summed E-state index contributed by atoms with van der Waals surface area (Å²) >= 11 is 0. The number of carbonyl (C=O) groups excluding carboxylic acids is 2. The van der Waals surface area contributed by atoms with Crippen molar-refractivity contribution in [2.75, 3.05) is 19.6 Å². The van der Waals surface area contributed by atoms with E-state index in [9.17, 15) is 9.59 Å². The van der Waals surface area contributed by atoms with E-state index >= 15 is 0 Å². The van der Waals surface area contributed by atoms with Gasteiger partial charge in [-0.2, -0.15) is 5.10 Å². The van der Waals surface area contributed by atoms with Crippen molar-refractivity contribution >= 4 is 11.8 Å². The van der Waals surface area contributed by atoms with Gasteiger partial charge in [-0.05, 0) is 18.8 Å². The lowest BCUT2D eigenvalue weighted by molar-refractivity contribution is 0.0679. The van der Waals surface area contributed by atoms with Crippen LogP contribution < -0.4 is 5.32 Å². The Hall–Kier alpha value is -3.43. The Balaban J connectivity index is 1.30. The molecule has 0 bridgehead atoms. The largest absolute Gasteiger partial charge is 0.441 e. The standard InChI is InChI=1S/C18H20N6O4/c1-23-10-13(9-21-23)17(25)19-8-12-2-5-24(6-3-12)18(26)15-16(27-11-20-15)14-4-7-28-22-14/h4,7,9-12H,2-3,5-6,8H2,1H3,(H,19,25). The van der Waals surface area contributed by atoms with E-state index in [1.165, 1.54) is 12.7 Å². The molecule has 0 spiro atoms. The minimum absolute atomic E-state index is 0.133. The molecular weight excluding hydrogens is 364 g/mol. The van der Waals surface area contributed by atoms with Crippen LogP contribution in [-0.2, 0) is 7.05 Å². The first-order valence-electron chi connectivity index (χ1n) is 9.02. The molecule has 1 N–H and O–H groups in total. The maximum atomic E-state index is 12.8. The molecule has 4 rings (SSSR count). The van der Waals surface area contributed by atoms with Crippen molar-refractivity contribution in [2.45, 2.75) is 12.8 Å². The van der Waals surface area contributed by atoms with Crippen LogP contribution in [0, 0.1) is 5.92 Å². The monoisotopic (exact) mass is 384 g/mol. The molecule has 2 amide bonds. The van der Waals surface area contributed by atoms with Gasteiger partial charge in [0.15, 0.2) is 23.5 Å². The summed E-state index contributed by atoms with van der Waals surface area (Å²) in [5.74, 6) is 0.303. The van der Waals surface area contributed by atoms with Crippen molar-refractivity contribution < 1.29 is 18.5 Å². The van der Waals surface area contributed by atoms with Gasteiger partial charge >= 0.3 is 0 Å². The van der Waals surface area contributed by atoms with Crippen molar-refractivity contribution in [1.29, 1.82) is 0 Å². The number of likely N-dealkylation sites (tertiary alicyclic amines) is 1. The third kappa shape index (κ3) is 3.66. The summed E-state index contributed by atoms with van der Waals surface area (Å²) in [7, 11) is 1.77. The van der Waals surface area contributed by atoms with Gasteiger partial charge in [-0.25, -0.2) is 4.98 Å². The highest BCUT2D eigenvalue weighted by Crippen LogP contribution is 2.24. The number of nitrogens with one attached hydrogen (secondary N) is 1. The fourth-order valence-corrected chi connectivity index (χ4v) is 3.28. The molecule has 0 unspecified atom stereocenters. The van der Waals surface area contributed by atoms with Gasteiger partial charge in [-0.3, -0.25) is 14.3 Å². The number of nitrogens with zero attached hydrogens (tertiary/aromatic N) is 5. The lowest BCUT2D eigenvalue weighted by atomic mass is 9.96. The number of hydrogen-bond donors (Lipinski definition) is 1. The zero-order chi connectivity index (χ0) is 19.5. The number of rotatable bonds is 5. The van der Waals surface area contributed by atoms with Gasteiger partial charge in [0.1, 0.15) is 6.26 Å². The van der Waals surface area contributed by atoms with Crippen molar-refractivity contribution in [3.8, 4) is 11.5 Å². The third-order valence-electron chi connectivity index (χ3n) is 4.86. The Morgan fingerprint density at radius 1 is 1.32 bits per heavy atom. The Morgan fingerprint density at radius 2 is 2.14 bits per heavy atom. The van der Waals surface area contributed by atoms with Crippen LogP contribution in [0.1, 0.15) is 33.7 Å². The van der Waals surface area contributed by atoms with Gasteiger partial charge in [0.05, 0.1) is 11.8 Å². The highest BCUT2D eigenvalue weighted by molar-refractivity contribution is 5.97. The van der Waals surface area contributed by atoms with E-state index in [0.717, 1.165) is 12.8 Å². The number of piperidine rings is 1. The Bertz CT molecular complexity index is 953. The minimum Gasteiger partial charge on any atom is -0.441 e. The molecule has 3 aromatic rings. The molecule has 0 aliphatic carbocycles. The van der Waals surface area contributed by atoms with Gasteiger partial charge in [0.2, 0.25) is 0 Å². The number of aromatic nitrogens is 4. The Labute approximate surface area is 160 Å². The SMILES string of the molecule is Cn1cc(C(=O)NCC2CCN(C(=O)c3ncoc3-c3ccon3)CC2)cn1. The topological polar surface area (TPSA) is 119 Å². The van der Waals surface area contributed by atoms with Crippen molar-refractivity contribution in [3.63, 3.8) is 0 Å². The second-order valence-electron chi connectivity index (χ2n) is 6.76. The smallest absolute Gasteiger partial charge is 0.276 e. The molecule has 146 valence electrons. The first kappa shape index (κ1) is 18.0. The molecule has 0 aromatic carbocycles. The summed E-state index contributed by atoms with van der Waals surface area (Å²) < 4.78 is 11.7. The van der Waals surface area contributed by atoms with Crippen LogP contribution >= 0.6 is 0 Å². The second kappa shape index (κ2) is 7.67. The molecule has 1 aliphatic heterocycles. The molecule has 0 atom stereocenters. The van der Waals surface area contributed by atoms with Gasteiger partial charge < -0.3 is 19.2 Å². The van der Waals surface area contributed by atoms with Gasteiger partial charge in [0.25, 0.3) is 11.8 Å². The second-order valence-corrected chi connectivity index (χ2v) is 6.76. The molecule has 4 heterocycles. The lowest BCUT2D eigenvalue weighted by Crippen LogP contribution is -2.41. The number of oxazole rings is 1. The van der Waals surface area contributed by atoms with Crippen LogP contribution in [0.25, 0.3) is 11.5 Å². The van der Waals surface area contributed by atoms with Crippen molar-refractivity contribution in [2.24, 2.45) is 13.0 Å². The summed E-state index contributed by atoms with van der Waals surface area (Å²) in [5, 5.41) is 10.7. The van der Waals surface area contributed by atoms with E-state index in [1.807, 2.05) is 0 Å². The average Bonchev–Trinajstić information content (AvgIpc) is 3.46. The molecule has 10 heteroatoms. The predicted octanol–water partition coefficient (Wildman–Crippen LogP) is 1.35. The van der Waals surface area contributed by atoms with Crippen molar-refractivity contribution in [3.05, 3.63) is 42.4 Å². The van der Waals surface area contributed by atoms with E-state index in [1.54, 1.807) is 35.1 Å². The van der Waals surface area contributed by atoms with Gasteiger partial charge in [-0.15, -0.1) is 0 Å². The summed E-state index contributed by atoms with van der Waals surface area (Å²) in [4.78, 5) is 30.7. The zero-order valence-electron chi connectivity index (χ0n) is 15.4. The number of hydrogen-bond acceptors (Lipinski definition) is 7. The minimum atomic E-state index is -0.190. The van der Waals surface area contributed by atoms with E-state index in [-0.39, 0.29) is 17.5 Å². The summed E-state index contributed by atoms with van der Waals surface area (Å²) in [6, 6.07) is 1.62. The first-order valence-corrected chi connectivity index (χ1v) is 9.02. The van der Waals surface area contributed by atoms with Crippen LogP contribution in [0.2, 0.25) is 0 Å². The average molecular weight is 384 g/mol. The van der Waals surface area contributed by atoms with E-state index in [4.69, 9.17) is 8.94 Å². The van der Waals surface area contributed by atoms with Crippen LogP contribution in [0.5, 0.6) is 0 Å². The summed E-state index contributed by atoms with van der Waals surface area (Å²) in [6.45, 7) is 1.76. The predicted molar refractivity (Wildman–Crippen MR) is 96.2 cm³/mol. The maximum Gasteiger partial charge on any atom is 0.276 e. The highest BCUT2D eigenvalue weighted by Gasteiger charge is 2.28. The third-order valence-corrected chi connectivity index (χ3v) is 4.86. The lowest BCUT2D eigenvalue weighted by Gasteiger charge is -2.31. The van der Waals surface area contributed by atoms with E-state index in [0.29, 0.717) is 42.6 Å². The molecule has 1 fully saturated rings. The molecule has 3 aromatic heterocycles. The fourth-order valence-electron chi connectivity index (χ4n) is 3.28. The Morgan fingerprint density at radius 3 is 2.82 bits per heavy atom. The summed E-state index contributed by atoms with van der Waals surface area (Å²) in [6.07, 6.45) is 7.48. The van der Waals surface area contributed by atoms with Gasteiger partial charge in [-0.1, -0.05) is 5.16 Å².